The first-order chi connectivity index (χ1) is 12.4. The van der Waals surface area contributed by atoms with Crippen LogP contribution in [0.4, 0.5) is 0 Å². The van der Waals surface area contributed by atoms with Gasteiger partial charge >= 0.3 is 0 Å². The van der Waals surface area contributed by atoms with Gasteiger partial charge in [0.05, 0.1) is 0 Å². The van der Waals surface area contributed by atoms with Gasteiger partial charge in [0.25, 0.3) is 5.91 Å². The Hall–Kier alpha value is -2.62. The van der Waals surface area contributed by atoms with Crippen LogP contribution in [0.1, 0.15) is 50.0 Å². The number of amides is 2. The molecule has 0 aromatic heterocycles. The molecule has 0 aliphatic heterocycles. The van der Waals surface area contributed by atoms with Gasteiger partial charge in [0.2, 0.25) is 5.91 Å². The van der Waals surface area contributed by atoms with Crippen LogP contribution in [0, 0.1) is 0 Å². The van der Waals surface area contributed by atoms with Crippen molar-refractivity contribution < 1.29 is 9.59 Å². The van der Waals surface area contributed by atoms with Crippen LogP contribution in [0.5, 0.6) is 0 Å². The Morgan fingerprint density at radius 1 is 0.923 bits per heavy atom. The second kappa shape index (κ2) is 9.18. The summed E-state index contributed by atoms with van der Waals surface area (Å²) in [5.74, 6) is -0.0523. The highest BCUT2D eigenvalue weighted by Gasteiger charge is 2.10. The van der Waals surface area contributed by atoms with Gasteiger partial charge in [0.1, 0.15) is 0 Å². The fourth-order valence-corrected chi connectivity index (χ4v) is 2.83. The van der Waals surface area contributed by atoms with E-state index in [9.17, 15) is 9.59 Å². The standard InChI is InChI=1S/C22H28N2O2/c1-5-15(2)24-22(26)21-8-6-7-20(14-21)19-11-9-18(10-12-19)13-16(3)23-17(4)25/h6-12,14-16H,5,13H2,1-4H3,(H,23,25)(H,24,26). The van der Waals surface area contributed by atoms with Gasteiger partial charge in [0.15, 0.2) is 0 Å². The molecule has 0 saturated heterocycles. The molecule has 0 aliphatic rings. The van der Waals surface area contributed by atoms with Gasteiger partial charge < -0.3 is 10.6 Å². The third-order valence-electron chi connectivity index (χ3n) is 4.39. The monoisotopic (exact) mass is 352 g/mol. The van der Waals surface area contributed by atoms with Gasteiger partial charge in [-0.15, -0.1) is 0 Å². The fourth-order valence-electron chi connectivity index (χ4n) is 2.83. The molecule has 2 atom stereocenters. The molecule has 0 fully saturated rings. The van der Waals surface area contributed by atoms with E-state index >= 15 is 0 Å². The van der Waals surface area contributed by atoms with E-state index in [0.717, 1.165) is 24.0 Å². The predicted octanol–water partition coefficient (Wildman–Crippen LogP) is 3.95. The second-order valence-electron chi connectivity index (χ2n) is 6.87. The molecule has 4 heteroatoms. The third kappa shape index (κ3) is 5.73. The summed E-state index contributed by atoms with van der Waals surface area (Å²) in [5.41, 5.74) is 3.93. The Kier molecular flexibility index (Phi) is 6.96. The summed E-state index contributed by atoms with van der Waals surface area (Å²) >= 11 is 0. The maximum atomic E-state index is 12.3. The first-order valence-electron chi connectivity index (χ1n) is 9.16. The number of hydrogen-bond donors (Lipinski definition) is 2. The highest BCUT2D eigenvalue weighted by Crippen LogP contribution is 2.21. The Bertz CT molecular complexity index is 753. The number of hydrogen-bond acceptors (Lipinski definition) is 2. The molecule has 2 amide bonds. The summed E-state index contributed by atoms with van der Waals surface area (Å²) in [5, 5.41) is 5.89. The average Bonchev–Trinajstić information content (AvgIpc) is 2.61. The molecule has 0 radical (unpaired) electrons. The molecule has 0 bridgehead atoms. The van der Waals surface area contributed by atoms with Crippen molar-refractivity contribution >= 4 is 11.8 Å². The number of nitrogens with one attached hydrogen (secondary N) is 2. The van der Waals surface area contributed by atoms with Gasteiger partial charge in [-0.25, -0.2) is 0 Å². The van der Waals surface area contributed by atoms with Crippen LogP contribution in [-0.4, -0.2) is 23.9 Å². The van der Waals surface area contributed by atoms with E-state index in [4.69, 9.17) is 0 Å². The molecule has 2 aromatic rings. The highest BCUT2D eigenvalue weighted by atomic mass is 16.2. The fraction of sp³-hybridized carbons (Fsp3) is 0.364. The largest absolute Gasteiger partial charge is 0.354 e. The Labute approximate surface area is 156 Å². The Balaban J connectivity index is 2.10. The molecule has 2 rings (SSSR count). The molecule has 4 nitrogen and oxygen atoms in total. The third-order valence-corrected chi connectivity index (χ3v) is 4.39. The summed E-state index contributed by atoms with van der Waals surface area (Å²) in [7, 11) is 0. The van der Waals surface area contributed by atoms with Crippen LogP contribution in [0.2, 0.25) is 0 Å². The van der Waals surface area contributed by atoms with Crippen LogP contribution in [0.25, 0.3) is 11.1 Å². The molecule has 0 spiro atoms. The summed E-state index contributed by atoms with van der Waals surface area (Å²) < 4.78 is 0. The first-order valence-corrected chi connectivity index (χ1v) is 9.16. The van der Waals surface area contributed by atoms with Crippen LogP contribution in [0.15, 0.2) is 48.5 Å². The lowest BCUT2D eigenvalue weighted by atomic mass is 9.99. The van der Waals surface area contributed by atoms with E-state index in [1.54, 1.807) is 0 Å². The number of carbonyl (C=O) groups excluding carboxylic acids is 2. The van der Waals surface area contributed by atoms with Gasteiger partial charge in [-0.3, -0.25) is 9.59 Å². The van der Waals surface area contributed by atoms with Gasteiger partial charge in [-0.2, -0.15) is 0 Å². The first kappa shape index (κ1) is 19.7. The quantitative estimate of drug-likeness (QED) is 0.793. The van der Waals surface area contributed by atoms with E-state index in [1.165, 1.54) is 12.5 Å². The maximum Gasteiger partial charge on any atom is 0.251 e. The lowest BCUT2D eigenvalue weighted by Gasteiger charge is -2.13. The van der Waals surface area contributed by atoms with Crippen molar-refractivity contribution in [3.63, 3.8) is 0 Å². The van der Waals surface area contributed by atoms with E-state index in [1.807, 2.05) is 38.1 Å². The zero-order valence-electron chi connectivity index (χ0n) is 16.0. The highest BCUT2D eigenvalue weighted by molar-refractivity contribution is 5.95. The minimum absolute atomic E-state index is 0.0124. The molecular formula is C22H28N2O2. The molecule has 26 heavy (non-hydrogen) atoms. The van der Waals surface area contributed by atoms with Crippen molar-refractivity contribution in [1.82, 2.24) is 10.6 Å². The zero-order chi connectivity index (χ0) is 19.1. The van der Waals surface area contributed by atoms with Crippen molar-refractivity contribution in [2.45, 2.75) is 52.6 Å². The minimum Gasteiger partial charge on any atom is -0.354 e. The molecule has 0 saturated carbocycles. The number of benzene rings is 2. The van der Waals surface area contributed by atoms with Crippen LogP contribution >= 0.6 is 0 Å². The van der Waals surface area contributed by atoms with Gasteiger partial charge in [-0.05, 0) is 55.5 Å². The smallest absolute Gasteiger partial charge is 0.251 e. The molecule has 2 aromatic carbocycles. The Morgan fingerprint density at radius 2 is 1.62 bits per heavy atom. The van der Waals surface area contributed by atoms with Crippen LogP contribution in [0.3, 0.4) is 0 Å². The molecule has 2 unspecified atom stereocenters. The SMILES string of the molecule is CCC(C)NC(=O)c1cccc(-c2ccc(CC(C)NC(C)=O)cc2)c1. The normalized spacial score (nSPS) is 12.9. The van der Waals surface area contributed by atoms with Crippen molar-refractivity contribution in [3.05, 3.63) is 59.7 Å². The lowest BCUT2D eigenvalue weighted by molar-refractivity contribution is -0.119. The van der Waals surface area contributed by atoms with Gasteiger partial charge in [-0.1, -0.05) is 43.3 Å². The van der Waals surface area contributed by atoms with E-state index in [2.05, 4.69) is 41.8 Å². The Morgan fingerprint density at radius 3 is 2.23 bits per heavy atom. The topological polar surface area (TPSA) is 58.2 Å². The van der Waals surface area contributed by atoms with Crippen molar-refractivity contribution in [2.75, 3.05) is 0 Å². The minimum atomic E-state index is -0.0399. The number of rotatable bonds is 7. The van der Waals surface area contributed by atoms with E-state index < -0.39 is 0 Å². The van der Waals surface area contributed by atoms with E-state index in [-0.39, 0.29) is 23.9 Å². The lowest BCUT2D eigenvalue weighted by Crippen LogP contribution is -2.32. The van der Waals surface area contributed by atoms with Crippen molar-refractivity contribution in [3.8, 4) is 11.1 Å². The summed E-state index contributed by atoms with van der Waals surface area (Å²) in [6.45, 7) is 7.58. The zero-order valence-corrected chi connectivity index (χ0v) is 16.0. The average molecular weight is 352 g/mol. The summed E-state index contributed by atoms with van der Waals surface area (Å²) in [6, 6.07) is 16.2. The maximum absolute atomic E-state index is 12.3. The second-order valence-corrected chi connectivity index (χ2v) is 6.87. The summed E-state index contributed by atoms with van der Waals surface area (Å²) in [4.78, 5) is 23.4. The molecule has 0 heterocycles. The van der Waals surface area contributed by atoms with Crippen LogP contribution < -0.4 is 10.6 Å². The number of carbonyl (C=O) groups is 2. The van der Waals surface area contributed by atoms with Crippen molar-refractivity contribution in [2.24, 2.45) is 0 Å². The van der Waals surface area contributed by atoms with E-state index in [0.29, 0.717) is 5.56 Å². The van der Waals surface area contributed by atoms with Crippen molar-refractivity contribution in [1.29, 1.82) is 0 Å². The molecular weight excluding hydrogens is 324 g/mol. The van der Waals surface area contributed by atoms with Crippen LogP contribution in [-0.2, 0) is 11.2 Å². The predicted molar refractivity (Wildman–Crippen MR) is 106 cm³/mol. The van der Waals surface area contributed by atoms with Gasteiger partial charge in [0, 0.05) is 24.6 Å². The summed E-state index contributed by atoms with van der Waals surface area (Å²) in [6.07, 6.45) is 1.70. The molecule has 2 N–H and O–H groups in total. The molecule has 138 valence electrons. The molecule has 0 aliphatic carbocycles.